The summed E-state index contributed by atoms with van der Waals surface area (Å²) in [5.74, 6) is 1.47. The van der Waals surface area contributed by atoms with E-state index in [9.17, 15) is 4.79 Å². The number of rotatable bonds is 7. The second-order valence-electron chi connectivity index (χ2n) is 4.67. The number of hydrogen-bond donors (Lipinski definition) is 2. The van der Waals surface area contributed by atoms with Gasteiger partial charge in [0.2, 0.25) is 5.91 Å². The van der Waals surface area contributed by atoms with Crippen LogP contribution in [0.2, 0.25) is 0 Å². The Bertz CT molecular complexity index is 612. The molecule has 2 N–H and O–H groups in total. The number of hydrogen-bond acceptors (Lipinski definition) is 4. The summed E-state index contributed by atoms with van der Waals surface area (Å²) in [4.78, 5) is 11.9. The lowest BCUT2D eigenvalue weighted by molar-refractivity contribution is -0.119. The first-order chi connectivity index (χ1) is 10.7. The molecule has 0 aliphatic carbocycles. The SMILES string of the molecule is COc1ccc(NCC(=O)NCc2ccccc2OC)cc1. The predicted octanol–water partition coefficient (Wildman–Crippen LogP) is 2.43. The van der Waals surface area contributed by atoms with E-state index >= 15 is 0 Å². The maximum absolute atomic E-state index is 11.9. The summed E-state index contributed by atoms with van der Waals surface area (Å²) >= 11 is 0. The highest BCUT2D eigenvalue weighted by Gasteiger charge is 2.05. The van der Waals surface area contributed by atoms with Gasteiger partial charge in [0.05, 0.1) is 20.8 Å². The van der Waals surface area contributed by atoms with E-state index in [1.165, 1.54) is 0 Å². The molecule has 0 aromatic heterocycles. The van der Waals surface area contributed by atoms with Crippen molar-refractivity contribution in [2.24, 2.45) is 0 Å². The zero-order chi connectivity index (χ0) is 15.8. The number of benzene rings is 2. The quantitative estimate of drug-likeness (QED) is 0.824. The monoisotopic (exact) mass is 300 g/mol. The van der Waals surface area contributed by atoms with Crippen LogP contribution in [-0.4, -0.2) is 26.7 Å². The molecule has 1 amide bonds. The van der Waals surface area contributed by atoms with Crippen molar-refractivity contribution in [2.75, 3.05) is 26.1 Å². The number of methoxy groups -OCH3 is 2. The highest BCUT2D eigenvalue weighted by atomic mass is 16.5. The molecule has 2 aromatic carbocycles. The van der Waals surface area contributed by atoms with E-state index in [0.29, 0.717) is 6.54 Å². The Hall–Kier alpha value is -2.69. The third-order valence-corrected chi connectivity index (χ3v) is 3.21. The van der Waals surface area contributed by atoms with Gasteiger partial charge in [-0.05, 0) is 30.3 Å². The summed E-state index contributed by atoms with van der Waals surface area (Å²) in [6.07, 6.45) is 0. The van der Waals surface area contributed by atoms with Crippen molar-refractivity contribution >= 4 is 11.6 Å². The zero-order valence-corrected chi connectivity index (χ0v) is 12.8. The van der Waals surface area contributed by atoms with Crippen LogP contribution < -0.4 is 20.1 Å². The molecule has 0 aliphatic heterocycles. The highest BCUT2D eigenvalue weighted by Crippen LogP contribution is 2.17. The fourth-order valence-corrected chi connectivity index (χ4v) is 2.00. The number of carbonyl (C=O) groups excluding carboxylic acids is 1. The fraction of sp³-hybridized carbons (Fsp3) is 0.235. The maximum atomic E-state index is 11.9. The second-order valence-corrected chi connectivity index (χ2v) is 4.67. The molecule has 5 heteroatoms. The van der Waals surface area contributed by atoms with Crippen molar-refractivity contribution in [3.05, 3.63) is 54.1 Å². The molecule has 0 unspecified atom stereocenters. The van der Waals surface area contributed by atoms with Gasteiger partial charge in [-0.15, -0.1) is 0 Å². The summed E-state index contributed by atoms with van der Waals surface area (Å²) in [5, 5.41) is 5.92. The van der Waals surface area contributed by atoms with Gasteiger partial charge in [-0.3, -0.25) is 4.79 Å². The molecule has 0 fully saturated rings. The van der Waals surface area contributed by atoms with E-state index in [1.807, 2.05) is 48.5 Å². The summed E-state index contributed by atoms with van der Waals surface area (Å²) in [6.45, 7) is 0.647. The number of ether oxygens (including phenoxy) is 2. The molecule has 116 valence electrons. The summed E-state index contributed by atoms with van der Waals surface area (Å²) < 4.78 is 10.3. The molecule has 0 radical (unpaired) electrons. The van der Waals surface area contributed by atoms with E-state index in [1.54, 1.807) is 14.2 Å². The molecule has 0 bridgehead atoms. The van der Waals surface area contributed by atoms with Crippen LogP contribution >= 0.6 is 0 Å². The van der Waals surface area contributed by atoms with Crippen LogP contribution in [0.25, 0.3) is 0 Å². The van der Waals surface area contributed by atoms with Gasteiger partial charge < -0.3 is 20.1 Å². The van der Waals surface area contributed by atoms with E-state index in [4.69, 9.17) is 9.47 Å². The number of amides is 1. The van der Waals surface area contributed by atoms with E-state index in [0.717, 1.165) is 22.7 Å². The highest BCUT2D eigenvalue weighted by molar-refractivity contribution is 5.80. The Kier molecular flexibility index (Phi) is 5.65. The third-order valence-electron chi connectivity index (χ3n) is 3.21. The normalized spacial score (nSPS) is 9.91. The summed E-state index contributed by atoms with van der Waals surface area (Å²) in [6, 6.07) is 15.0. The fourth-order valence-electron chi connectivity index (χ4n) is 2.00. The summed E-state index contributed by atoms with van der Waals surface area (Å²) in [7, 11) is 3.24. The molecule has 0 heterocycles. The van der Waals surface area contributed by atoms with E-state index < -0.39 is 0 Å². The maximum Gasteiger partial charge on any atom is 0.239 e. The number of nitrogens with one attached hydrogen (secondary N) is 2. The van der Waals surface area contributed by atoms with Gasteiger partial charge in [0.25, 0.3) is 0 Å². The van der Waals surface area contributed by atoms with Gasteiger partial charge >= 0.3 is 0 Å². The lowest BCUT2D eigenvalue weighted by Gasteiger charge is -2.10. The largest absolute Gasteiger partial charge is 0.497 e. The lowest BCUT2D eigenvalue weighted by atomic mass is 10.2. The lowest BCUT2D eigenvalue weighted by Crippen LogP contribution is -2.29. The third kappa shape index (κ3) is 4.41. The molecule has 0 saturated carbocycles. The van der Waals surface area contributed by atoms with Crippen molar-refractivity contribution in [2.45, 2.75) is 6.54 Å². The molecular formula is C17H20N2O3. The minimum Gasteiger partial charge on any atom is -0.497 e. The van der Waals surface area contributed by atoms with E-state index in [2.05, 4.69) is 10.6 Å². The van der Waals surface area contributed by atoms with Crippen LogP contribution in [0.15, 0.2) is 48.5 Å². The number of para-hydroxylation sites is 1. The average Bonchev–Trinajstić information content (AvgIpc) is 2.58. The Morgan fingerprint density at radius 2 is 1.73 bits per heavy atom. The first-order valence-corrected chi connectivity index (χ1v) is 6.99. The van der Waals surface area contributed by atoms with Crippen molar-refractivity contribution in [3.63, 3.8) is 0 Å². The van der Waals surface area contributed by atoms with Crippen molar-refractivity contribution in [1.82, 2.24) is 5.32 Å². The van der Waals surface area contributed by atoms with Crippen LogP contribution in [0.3, 0.4) is 0 Å². The molecular weight excluding hydrogens is 280 g/mol. The molecule has 2 aromatic rings. The predicted molar refractivity (Wildman–Crippen MR) is 86.3 cm³/mol. The van der Waals surface area contributed by atoms with Gasteiger partial charge in [-0.2, -0.15) is 0 Å². The minimum absolute atomic E-state index is 0.0817. The molecule has 2 rings (SSSR count). The molecule has 0 saturated heterocycles. The van der Waals surface area contributed by atoms with Gasteiger partial charge in [0, 0.05) is 17.8 Å². The van der Waals surface area contributed by atoms with E-state index in [-0.39, 0.29) is 12.5 Å². The topological polar surface area (TPSA) is 59.6 Å². The first-order valence-electron chi connectivity index (χ1n) is 6.99. The molecule has 5 nitrogen and oxygen atoms in total. The summed E-state index contributed by atoms with van der Waals surface area (Å²) in [5.41, 5.74) is 1.82. The Morgan fingerprint density at radius 3 is 2.41 bits per heavy atom. The number of carbonyl (C=O) groups is 1. The van der Waals surface area contributed by atoms with Crippen LogP contribution in [0.4, 0.5) is 5.69 Å². The van der Waals surface area contributed by atoms with Crippen molar-refractivity contribution < 1.29 is 14.3 Å². The van der Waals surface area contributed by atoms with Gasteiger partial charge in [-0.25, -0.2) is 0 Å². The molecule has 0 atom stereocenters. The Balaban J connectivity index is 1.80. The van der Waals surface area contributed by atoms with Gasteiger partial charge in [0.15, 0.2) is 0 Å². The smallest absolute Gasteiger partial charge is 0.239 e. The standard InChI is InChI=1S/C17H20N2O3/c1-21-15-9-7-14(8-10-15)18-12-17(20)19-11-13-5-3-4-6-16(13)22-2/h3-10,18H,11-12H2,1-2H3,(H,19,20). The zero-order valence-electron chi connectivity index (χ0n) is 12.8. The van der Waals surface area contributed by atoms with Crippen molar-refractivity contribution in [1.29, 1.82) is 0 Å². The molecule has 0 spiro atoms. The Labute approximate surface area is 130 Å². The minimum atomic E-state index is -0.0817. The molecule has 22 heavy (non-hydrogen) atoms. The van der Waals surface area contributed by atoms with Crippen LogP contribution in [-0.2, 0) is 11.3 Å². The first kappa shape index (κ1) is 15.7. The van der Waals surface area contributed by atoms with Gasteiger partial charge in [0.1, 0.15) is 11.5 Å². The second kappa shape index (κ2) is 7.93. The van der Waals surface area contributed by atoms with Crippen LogP contribution in [0.1, 0.15) is 5.56 Å². The van der Waals surface area contributed by atoms with Gasteiger partial charge in [-0.1, -0.05) is 18.2 Å². The Morgan fingerprint density at radius 1 is 1.00 bits per heavy atom. The van der Waals surface area contributed by atoms with Crippen molar-refractivity contribution in [3.8, 4) is 11.5 Å². The van der Waals surface area contributed by atoms with Crippen LogP contribution in [0, 0.1) is 0 Å². The molecule has 0 aliphatic rings. The number of anilines is 1. The van der Waals surface area contributed by atoms with Crippen LogP contribution in [0.5, 0.6) is 11.5 Å². The average molecular weight is 300 g/mol.